The standard InChI is InChI=1S/C11H14BrNO2/c1-15-9-6-7(5-8(12)10(9)14)11(13)3-2-4-11/h5-6,14H,2-4,13H2,1H3. The summed E-state index contributed by atoms with van der Waals surface area (Å²) in [5.74, 6) is 0.597. The van der Waals surface area contributed by atoms with E-state index in [1.165, 1.54) is 7.11 Å². The average molecular weight is 272 g/mol. The molecule has 0 aliphatic heterocycles. The zero-order valence-corrected chi connectivity index (χ0v) is 10.2. The van der Waals surface area contributed by atoms with E-state index >= 15 is 0 Å². The van der Waals surface area contributed by atoms with E-state index in [4.69, 9.17) is 10.5 Å². The Morgan fingerprint density at radius 3 is 2.60 bits per heavy atom. The number of phenolic OH excluding ortho intramolecular Hbond substituents is 1. The number of hydrogen-bond donors (Lipinski definition) is 2. The number of benzene rings is 1. The van der Waals surface area contributed by atoms with Crippen LogP contribution in [0.3, 0.4) is 0 Å². The molecule has 3 nitrogen and oxygen atoms in total. The van der Waals surface area contributed by atoms with Crippen molar-refractivity contribution in [3.05, 3.63) is 22.2 Å². The smallest absolute Gasteiger partial charge is 0.172 e. The Bertz CT molecular complexity index is 388. The predicted molar refractivity (Wildman–Crippen MR) is 62.1 cm³/mol. The molecular formula is C11H14BrNO2. The van der Waals surface area contributed by atoms with Crippen molar-refractivity contribution in [2.45, 2.75) is 24.8 Å². The first kappa shape index (κ1) is 10.8. The van der Waals surface area contributed by atoms with Crippen LogP contribution in [0, 0.1) is 0 Å². The van der Waals surface area contributed by atoms with Crippen LogP contribution in [0.25, 0.3) is 0 Å². The highest BCUT2D eigenvalue weighted by atomic mass is 79.9. The van der Waals surface area contributed by atoms with Gasteiger partial charge in [-0.15, -0.1) is 0 Å². The molecule has 0 radical (unpaired) electrons. The van der Waals surface area contributed by atoms with Gasteiger partial charge in [0.1, 0.15) is 0 Å². The van der Waals surface area contributed by atoms with Crippen molar-refractivity contribution in [3.63, 3.8) is 0 Å². The zero-order chi connectivity index (χ0) is 11.1. The van der Waals surface area contributed by atoms with Crippen LogP contribution in [0.5, 0.6) is 11.5 Å². The first-order valence-corrected chi connectivity index (χ1v) is 5.72. The molecule has 0 aromatic heterocycles. The third kappa shape index (κ3) is 1.72. The maximum Gasteiger partial charge on any atom is 0.172 e. The maximum absolute atomic E-state index is 9.67. The third-order valence-corrected chi connectivity index (χ3v) is 3.67. The third-order valence-electron chi connectivity index (χ3n) is 3.07. The van der Waals surface area contributed by atoms with Crippen LogP contribution in [0.15, 0.2) is 16.6 Å². The van der Waals surface area contributed by atoms with Crippen LogP contribution in [0.4, 0.5) is 0 Å². The molecule has 3 N–H and O–H groups in total. The summed E-state index contributed by atoms with van der Waals surface area (Å²) in [5, 5.41) is 9.67. The molecule has 2 rings (SSSR count). The Hall–Kier alpha value is -0.740. The zero-order valence-electron chi connectivity index (χ0n) is 8.59. The van der Waals surface area contributed by atoms with Gasteiger partial charge in [-0.2, -0.15) is 0 Å². The van der Waals surface area contributed by atoms with Crippen molar-refractivity contribution in [3.8, 4) is 11.5 Å². The van der Waals surface area contributed by atoms with E-state index in [2.05, 4.69) is 15.9 Å². The molecule has 0 spiro atoms. The van der Waals surface area contributed by atoms with Crippen LogP contribution in [0.1, 0.15) is 24.8 Å². The number of hydrogen-bond acceptors (Lipinski definition) is 3. The highest BCUT2D eigenvalue weighted by Gasteiger charge is 2.35. The van der Waals surface area contributed by atoms with Gasteiger partial charge < -0.3 is 15.6 Å². The number of halogens is 1. The Morgan fingerprint density at radius 1 is 1.47 bits per heavy atom. The van der Waals surface area contributed by atoms with E-state index in [0.717, 1.165) is 24.8 Å². The van der Waals surface area contributed by atoms with Gasteiger partial charge in [-0.1, -0.05) is 0 Å². The highest BCUT2D eigenvalue weighted by molar-refractivity contribution is 9.10. The van der Waals surface area contributed by atoms with Crippen molar-refractivity contribution in [2.75, 3.05) is 7.11 Å². The minimum Gasteiger partial charge on any atom is -0.503 e. The van der Waals surface area contributed by atoms with Crippen molar-refractivity contribution in [1.29, 1.82) is 0 Å². The van der Waals surface area contributed by atoms with Crippen LogP contribution in [0.2, 0.25) is 0 Å². The molecule has 15 heavy (non-hydrogen) atoms. The highest BCUT2D eigenvalue weighted by Crippen LogP contribution is 2.44. The fourth-order valence-corrected chi connectivity index (χ4v) is 2.31. The number of nitrogens with two attached hydrogens (primary N) is 1. The summed E-state index contributed by atoms with van der Waals surface area (Å²) in [7, 11) is 1.54. The Kier molecular flexibility index (Phi) is 2.64. The van der Waals surface area contributed by atoms with Gasteiger partial charge in [0.25, 0.3) is 0 Å². The second kappa shape index (κ2) is 3.68. The molecule has 0 amide bonds. The Labute approximate surface area is 97.4 Å². The van der Waals surface area contributed by atoms with Crippen LogP contribution in [-0.2, 0) is 5.54 Å². The second-order valence-corrected chi connectivity index (χ2v) is 4.87. The fraction of sp³-hybridized carbons (Fsp3) is 0.455. The number of methoxy groups -OCH3 is 1. The molecule has 0 unspecified atom stereocenters. The monoisotopic (exact) mass is 271 g/mol. The van der Waals surface area contributed by atoms with Crippen molar-refractivity contribution in [2.24, 2.45) is 5.73 Å². The average Bonchev–Trinajstić information content (AvgIpc) is 2.18. The topological polar surface area (TPSA) is 55.5 Å². The van der Waals surface area contributed by atoms with Crippen LogP contribution in [-0.4, -0.2) is 12.2 Å². The minimum atomic E-state index is -0.233. The lowest BCUT2D eigenvalue weighted by atomic mass is 9.73. The maximum atomic E-state index is 9.67. The van der Waals surface area contributed by atoms with E-state index < -0.39 is 0 Å². The van der Waals surface area contributed by atoms with Crippen molar-refractivity contribution < 1.29 is 9.84 Å². The molecule has 82 valence electrons. The van der Waals surface area contributed by atoms with Gasteiger partial charge in [0, 0.05) is 5.54 Å². The first-order chi connectivity index (χ1) is 7.07. The number of rotatable bonds is 2. The molecule has 1 saturated carbocycles. The summed E-state index contributed by atoms with van der Waals surface area (Å²) in [6.45, 7) is 0. The Morgan fingerprint density at radius 2 is 2.13 bits per heavy atom. The first-order valence-electron chi connectivity index (χ1n) is 4.93. The molecule has 1 fully saturated rings. The molecule has 0 saturated heterocycles. The molecule has 0 bridgehead atoms. The lowest BCUT2D eigenvalue weighted by Crippen LogP contribution is -2.43. The molecule has 1 aliphatic rings. The van der Waals surface area contributed by atoms with E-state index in [9.17, 15) is 5.11 Å². The van der Waals surface area contributed by atoms with Gasteiger partial charge in [0.05, 0.1) is 11.6 Å². The van der Waals surface area contributed by atoms with E-state index in [0.29, 0.717) is 10.2 Å². The summed E-state index contributed by atoms with van der Waals surface area (Å²) in [6.07, 6.45) is 3.15. The van der Waals surface area contributed by atoms with Crippen LogP contribution >= 0.6 is 15.9 Å². The molecule has 1 aliphatic carbocycles. The number of phenols is 1. The Balaban J connectivity index is 2.45. The van der Waals surface area contributed by atoms with Crippen molar-refractivity contribution in [1.82, 2.24) is 0 Å². The molecule has 0 atom stereocenters. The minimum absolute atomic E-state index is 0.129. The van der Waals surface area contributed by atoms with E-state index in [-0.39, 0.29) is 11.3 Å². The van der Waals surface area contributed by atoms with Gasteiger partial charge in [0.15, 0.2) is 11.5 Å². The lowest BCUT2D eigenvalue weighted by molar-refractivity contribution is 0.252. The molecule has 1 aromatic rings. The quantitative estimate of drug-likeness (QED) is 0.869. The molecule has 4 heteroatoms. The van der Waals surface area contributed by atoms with Gasteiger partial charge in [-0.3, -0.25) is 0 Å². The summed E-state index contributed by atoms with van der Waals surface area (Å²) >= 11 is 3.30. The fourth-order valence-electron chi connectivity index (χ4n) is 1.86. The molecular weight excluding hydrogens is 258 g/mol. The van der Waals surface area contributed by atoms with Gasteiger partial charge >= 0.3 is 0 Å². The normalized spacial score (nSPS) is 18.3. The summed E-state index contributed by atoms with van der Waals surface area (Å²) in [5.41, 5.74) is 7.00. The van der Waals surface area contributed by atoms with Gasteiger partial charge in [0.2, 0.25) is 0 Å². The van der Waals surface area contributed by atoms with Crippen LogP contribution < -0.4 is 10.5 Å². The van der Waals surface area contributed by atoms with Crippen molar-refractivity contribution >= 4 is 15.9 Å². The SMILES string of the molecule is COc1cc(C2(N)CCC2)cc(Br)c1O. The van der Waals surface area contributed by atoms with Gasteiger partial charge in [-0.25, -0.2) is 0 Å². The van der Waals surface area contributed by atoms with E-state index in [1.54, 1.807) is 0 Å². The largest absolute Gasteiger partial charge is 0.503 e. The summed E-state index contributed by atoms with van der Waals surface area (Å²) < 4.78 is 5.73. The second-order valence-electron chi connectivity index (χ2n) is 4.02. The molecule has 1 aromatic carbocycles. The number of aromatic hydroxyl groups is 1. The summed E-state index contributed by atoms with van der Waals surface area (Å²) in [4.78, 5) is 0. The summed E-state index contributed by atoms with van der Waals surface area (Å²) in [6, 6.07) is 3.69. The predicted octanol–water partition coefficient (Wildman–Crippen LogP) is 2.50. The number of ether oxygens (including phenoxy) is 1. The van der Waals surface area contributed by atoms with Gasteiger partial charge in [-0.05, 0) is 52.9 Å². The van der Waals surface area contributed by atoms with E-state index in [1.807, 2.05) is 12.1 Å². The lowest BCUT2D eigenvalue weighted by Gasteiger charge is -2.38. The molecule has 0 heterocycles.